The second-order valence-electron chi connectivity index (χ2n) is 3.05. The van der Waals surface area contributed by atoms with Crippen LogP contribution in [0.2, 0.25) is 0 Å². The average Bonchev–Trinajstić information content (AvgIpc) is 2.01. The fourth-order valence-corrected chi connectivity index (χ4v) is 0.655. The number of rotatable bonds is 4. The van der Waals surface area contributed by atoms with Crippen molar-refractivity contribution in [1.29, 1.82) is 0 Å². The molecule has 0 fully saturated rings. The highest BCUT2D eigenvalue weighted by molar-refractivity contribution is 7.45. The third kappa shape index (κ3) is 39.3. The minimum absolute atomic E-state index is 0.0965. The van der Waals surface area contributed by atoms with Gasteiger partial charge in [-0.2, -0.15) is 0 Å². The lowest BCUT2D eigenvalue weighted by Crippen LogP contribution is -2.28. The van der Waals surface area contributed by atoms with Crippen molar-refractivity contribution in [2.45, 2.75) is 25.4 Å². The van der Waals surface area contributed by atoms with E-state index in [1.54, 1.807) is 0 Å². The Morgan fingerprint density at radius 1 is 1.29 bits per heavy atom. The van der Waals surface area contributed by atoms with Gasteiger partial charge in [0.15, 0.2) is 0 Å². The summed E-state index contributed by atoms with van der Waals surface area (Å²) in [6, 6.07) is 0. The molecule has 0 spiro atoms. The van der Waals surface area contributed by atoms with Crippen molar-refractivity contribution < 1.29 is 39.4 Å². The normalized spacial score (nSPS) is 13.3. The van der Waals surface area contributed by atoms with Crippen LogP contribution in [-0.2, 0) is 9.36 Å². The number of aliphatic carboxylic acids is 1. The Kier molecular flexibility index (Phi) is 13.2. The zero-order chi connectivity index (χ0) is 14.7. The summed E-state index contributed by atoms with van der Waals surface area (Å²) in [7, 11) is -4.64. The highest BCUT2D eigenvalue weighted by atomic mass is 31.2. The Bertz CT molecular complexity index is 238. The van der Waals surface area contributed by atoms with Gasteiger partial charge < -0.3 is 30.0 Å². The number of hydrogen-bond acceptors (Lipinski definition) is 4. The SMILES string of the molecule is C=C.CC(O)(CCO)CC(=O)O.O=P(O)(O)O. The fourth-order valence-electron chi connectivity index (χ4n) is 0.655. The summed E-state index contributed by atoms with van der Waals surface area (Å²) in [6.45, 7) is 7.19. The van der Waals surface area contributed by atoms with Crippen LogP contribution in [0, 0.1) is 0 Å². The van der Waals surface area contributed by atoms with Crippen molar-refractivity contribution in [2.75, 3.05) is 6.61 Å². The second-order valence-corrected chi connectivity index (χ2v) is 4.08. The molecule has 1 unspecified atom stereocenters. The maximum absolute atomic E-state index is 10.0. The summed E-state index contributed by atoms with van der Waals surface area (Å²) in [5.74, 6) is -1.06. The van der Waals surface area contributed by atoms with Gasteiger partial charge in [0.1, 0.15) is 0 Å². The van der Waals surface area contributed by atoms with Gasteiger partial charge in [0.25, 0.3) is 0 Å². The molecule has 104 valence electrons. The van der Waals surface area contributed by atoms with E-state index in [2.05, 4.69) is 13.2 Å². The third-order valence-corrected chi connectivity index (χ3v) is 1.18. The maximum Gasteiger partial charge on any atom is 0.466 e. The maximum atomic E-state index is 10.0. The molecule has 9 heteroatoms. The van der Waals surface area contributed by atoms with Gasteiger partial charge in [-0.15, -0.1) is 13.2 Å². The zero-order valence-electron chi connectivity index (χ0n) is 9.48. The summed E-state index contributed by atoms with van der Waals surface area (Å²) in [5.41, 5.74) is -1.28. The monoisotopic (exact) mass is 274 g/mol. The van der Waals surface area contributed by atoms with Gasteiger partial charge in [-0.1, -0.05) is 0 Å². The minimum atomic E-state index is -4.64. The zero-order valence-corrected chi connectivity index (χ0v) is 10.4. The van der Waals surface area contributed by atoms with Crippen molar-refractivity contribution >= 4 is 13.8 Å². The van der Waals surface area contributed by atoms with E-state index < -0.39 is 19.4 Å². The topological polar surface area (TPSA) is 156 Å². The summed E-state index contributed by atoms with van der Waals surface area (Å²) in [6.07, 6.45) is -0.229. The molecule has 0 radical (unpaired) electrons. The predicted octanol–water partition coefficient (Wildman–Crippen LogP) is -0.532. The first-order chi connectivity index (χ1) is 7.48. The molecule has 0 heterocycles. The van der Waals surface area contributed by atoms with E-state index in [9.17, 15) is 4.79 Å². The van der Waals surface area contributed by atoms with E-state index in [1.165, 1.54) is 6.92 Å². The van der Waals surface area contributed by atoms with Crippen LogP contribution in [0.25, 0.3) is 0 Å². The number of carbonyl (C=O) groups is 1. The molecule has 0 saturated heterocycles. The Morgan fingerprint density at radius 3 is 1.76 bits per heavy atom. The number of carboxylic acids is 1. The summed E-state index contributed by atoms with van der Waals surface area (Å²) < 4.78 is 8.88. The third-order valence-electron chi connectivity index (χ3n) is 1.18. The smallest absolute Gasteiger partial charge is 0.466 e. The molecule has 0 aromatic carbocycles. The van der Waals surface area contributed by atoms with E-state index in [1.807, 2.05) is 0 Å². The lowest BCUT2D eigenvalue weighted by Gasteiger charge is -2.18. The number of aliphatic hydroxyl groups is 2. The Hall–Kier alpha value is -0.760. The van der Waals surface area contributed by atoms with E-state index in [-0.39, 0.29) is 19.4 Å². The van der Waals surface area contributed by atoms with E-state index in [4.69, 9.17) is 34.6 Å². The number of hydrogen-bond donors (Lipinski definition) is 6. The lowest BCUT2D eigenvalue weighted by molar-refractivity contribution is -0.142. The van der Waals surface area contributed by atoms with Crippen LogP contribution in [-0.4, -0.2) is 48.2 Å². The standard InChI is InChI=1S/C6H12O4.C2H4.H3O4P/c1-6(10,2-3-7)4-5(8)9;1-2;1-5(2,3)4/h7,10H,2-4H2,1H3,(H,8,9);1-2H2;(H3,1,2,3,4). The highest BCUT2D eigenvalue weighted by Crippen LogP contribution is 2.25. The Balaban J connectivity index is -0.000000236. The van der Waals surface area contributed by atoms with E-state index in [0.29, 0.717) is 0 Å². The van der Waals surface area contributed by atoms with Crippen molar-refractivity contribution in [2.24, 2.45) is 0 Å². The molecular formula is C8H19O8P. The fraction of sp³-hybridized carbons (Fsp3) is 0.625. The molecule has 6 N–H and O–H groups in total. The molecule has 0 aliphatic carbocycles. The summed E-state index contributed by atoms with van der Waals surface area (Å²) in [4.78, 5) is 31.6. The molecule has 8 nitrogen and oxygen atoms in total. The van der Waals surface area contributed by atoms with Gasteiger partial charge in [-0.3, -0.25) is 4.79 Å². The Morgan fingerprint density at radius 2 is 1.59 bits per heavy atom. The van der Waals surface area contributed by atoms with Crippen LogP contribution in [0.5, 0.6) is 0 Å². The van der Waals surface area contributed by atoms with Crippen LogP contribution in [0.4, 0.5) is 0 Å². The van der Waals surface area contributed by atoms with Crippen molar-refractivity contribution in [3.8, 4) is 0 Å². The van der Waals surface area contributed by atoms with Crippen LogP contribution in [0.3, 0.4) is 0 Å². The van der Waals surface area contributed by atoms with E-state index in [0.717, 1.165) is 0 Å². The molecule has 0 saturated carbocycles. The number of aliphatic hydroxyl groups excluding tert-OH is 1. The second kappa shape index (κ2) is 10.4. The first-order valence-corrected chi connectivity index (χ1v) is 5.88. The molecule has 1 atom stereocenters. The molecule has 0 aromatic heterocycles. The largest absolute Gasteiger partial charge is 0.481 e. The van der Waals surface area contributed by atoms with Crippen molar-refractivity contribution in [1.82, 2.24) is 0 Å². The summed E-state index contributed by atoms with van der Waals surface area (Å²) >= 11 is 0. The minimum Gasteiger partial charge on any atom is -0.481 e. The van der Waals surface area contributed by atoms with Gasteiger partial charge >= 0.3 is 13.8 Å². The van der Waals surface area contributed by atoms with Crippen LogP contribution in [0.15, 0.2) is 13.2 Å². The van der Waals surface area contributed by atoms with Gasteiger partial charge in [-0.25, -0.2) is 4.57 Å². The molecule has 0 aromatic rings. The van der Waals surface area contributed by atoms with Crippen molar-refractivity contribution in [3.05, 3.63) is 13.2 Å². The first kappa shape index (κ1) is 21.5. The van der Waals surface area contributed by atoms with Gasteiger partial charge in [0, 0.05) is 6.61 Å². The number of phosphoric acid groups is 1. The Labute approximate surface area is 99.1 Å². The highest BCUT2D eigenvalue weighted by Gasteiger charge is 2.22. The first-order valence-electron chi connectivity index (χ1n) is 4.31. The van der Waals surface area contributed by atoms with Gasteiger partial charge in [0.05, 0.1) is 12.0 Å². The summed E-state index contributed by atoms with van der Waals surface area (Å²) in [5, 5.41) is 25.7. The molecule has 17 heavy (non-hydrogen) atoms. The van der Waals surface area contributed by atoms with Crippen LogP contribution < -0.4 is 0 Å². The molecule has 0 aliphatic heterocycles. The predicted molar refractivity (Wildman–Crippen MR) is 60.1 cm³/mol. The molecule has 0 bridgehead atoms. The van der Waals surface area contributed by atoms with Gasteiger partial charge in [0.2, 0.25) is 0 Å². The van der Waals surface area contributed by atoms with Crippen molar-refractivity contribution in [3.63, 3.8) is 0 Å². The average molecular weight is 274 g/mol. The lowest BCUT2D eigenvalue weighted by atomic mass is 9.99. The number of carboxylic acid groups (broad SMARTS) is 1. The molecule has 0 rings (SSSR count). The quantitative estimate of drug-likeness (QED) is 0.295. The van der Waals surface area contributed by atoms with E-state index >= 15 is 0 Å². The molecular weight excluding hydrogens is 255 g/mol. The van der Waals surface area contributed by atoms with Crippen LogP contribution >= 0.6 is 7.82 Å². The molecule has 0 amide bonds. The molecule has 0 aliphatic rings. The van der Waals surface area contributed by atoms with Crippen LogP contribution in [0.1, 0.15) is 19.8 Å². The van der Waals surface area contributed by atoms with Gasteiger partial charge in [-0.05, 0) is 13.3 Å².